The first-order valence-electron chi connectivity index (χ1n) is 9.90. The minimum atomic E-state index is 0.203. The molecule has 0 aromatic carbocycles. The van der Waals surface area contributed by atoms with Gasteiger partial charge in [0.15, 0.2) is 0 Å². The third-order valence-corrected chi connectivity index (χ3v) is 5.67. The van der Waals surface area contributed by atoms with E-state index in [-0.39, 0.29) is 5.91 Å². The molecule has 1 fully saturated rings. The largest absolute Gasteiger partial charge is 0.354 e. The molecular formula is C20H28N6O. The molecule has 1 amide bonds. The van der Waals surface area contributed by atoms with E-state index in [1.165, 1.54) is 5.69 Å². The lowest BCUT2D eigenvalue weighted by atomic mass is 10.2. The Morgan fingerprint density at radius 2 is 1.81 bits per heavy atom. The number of anilines is 1. The van der Waals surface area contributed by atoms with Crippen LogP contribution in [0.1, 0.15) is 28.9 Å². The molecule has 0 radical (unpaired) electrons. The van der Waals surface area contributed by atoms with Gasteiger partial charge in [-0.15, -0.1) is 0 Å². The predicted octanol–water partition coefficient (Wildman–Crippen LogP) is 1.42. The fraction of sp³-hybridized carbons (Fsp3) is 0.550. The van der Waals surface area contributed by atoms with Crippen LogP contribution in [-0.2, 0) is 13.5 Å². The summed E-state index contributed by atoms with van der Waals surface area (Å²) in [7, 11) is 2.03. The highest BCUT2D eigenvalue weighted by Crippen LogP contribution is 2.19. The summed E-state index contributed by atoms with van der Waals surface area (Å²) in [6.45, 7) is 6.71. The number of fused-ring (bicyclic) bond motifs is 1. The Kier molecular flexibility index (Phi) is 5.38. The molecule has 4 heterocycles. The molecule has 0 unspecified atom stereocenters. The molecule has 1 saturated heterocycles. The van der Waals surface area contributed by atoms with Crippen LogP contribution in [0.4, 0.5) is 5.95 Å². The number of carbonyl (C=O) groups excluding carboxylic acids is 1. The second-order valence-electron chi connectivity index (χ2n) is 7.41. The SMILES string of the molecule is Cn1ccc2c1CCCN(CCCN1CCN(c3ncccn3)CC1)C2=O. The number of rotatable bonds is 5. The summed E-state index contributed by atoms with van der Waals surface area (Å²) in [6.07, 6.45) is 8.66. The predicted molar refractivity (Wildman–Crippen MR) is 105 cm³/mol. The summed E-state index contributed by atoms with van der Waals surface area (Å²) in [6, 6.07) is 3.82. The smallest absolute Gasteiger partial charge is 0.255 e. The molecule has 144 valence electrons. The number of amides is 1. The second kappa shape index (κ2) is 8.08. The van der Waals surface area contributed by atoms with E-state index in [0.29, 0.717) is 0 Å². The molecule has 0 aliphatic carbocycles. The molecule has 7 nitrogen and oxygen atoms in total. The third-order valence-electron chi connectivity index (χ3n) is 5.67. The van der Waals surface area contributed by atoms with E-state index in [4.69, 9.17) is 0 Å². The molecule has 2 aromatic rings. The number of hydrogen-bond acceptors (Lipinski definition) is 5. The van der Waals surface area contributed by atoms with E-state index in [0.717, 1.165) is 76.6 Å². The molecule has 0 N–H and O–H groups in total. The molecule has 27 heavy (non-hydrogen) atoms. The first-order chi connectivity index (χ1) is 13.2. The summed E-state index contributed by atoms with van der Waals surface area (Å²) in [5.41, 5.74) is 2.08. The van der Waals surface area contributed by atoms with Crippen LogP contribution in [-0.4, -0.2) is 76.1 Å². The molecule has 0 saturated carbocycles. The standard InChI is InChI=1S/C20H28N6O/c1-23-12-6-17-18(23)5-2-10-25(19(17)27)11-4-9-24-13-15-26(16-14-24)20-21-7-3-8-22-20/h3,6-8,12H,2,4-5,9-11,13-16H2,1H3. The summed E-state index contributed by atoms with van der Waals surface area (Å²) in [4.78, 5) is 28.3. The number of aromatic nitrogens is 3. The van der Waals surface area contributed by atoms with E-state index in [9.17, 15) is 4.79 Å². The first-order valence-corrected chi connectivity index (χ1v) is 9.90. The molecule has 0 atom stereocenters. The second-order valence-corrected chi connectivity index (χ2v) is 7.41. The van der Waals surface area contributed by atoms with Crippen LogP contribution in [0.5, 0.6) is 0 Å². The van der Waals surface area contributed by atoms with Gasteiger partial charge in [-0.1, -0.05) is 0 Å². The van der Waals surface area contributed by atoms with Gasteiger partial charge in [0.2, 0.25) is 5.95 Å². The summed E-state index contributed by atoms with van der Waals surface area (Å²) in [5.74, 6) is 1.03. The Bertz CT molecular complexity index is 766. The highest BCUT2D eigenvalue weighted by molar-refractivity contribution is 5.95. The minimum Gasteiger partial charge on any atom is -0.354 e. The summed E-state index contributed by atoms with van der Waals surface area (Å²) < 4.78 is 2.09. The zero-order chi connectivity index (χ0) is 18.6. The topological polar surface area (TPSA) is 57.5 Å². The van der Waals surface area contributed by atoms with Crippen LogP contribution in [0.25, 0.3) is 0 Å². The molecule has 4 rings (SSSR count). The average molecular weight is 368 g/mol. The Morgan fingerprint density at radius 1 is 1.04 bits per heavy atom. The van der Waals surface area contributed by atoms with Gasteiger partial charge in [0.05, 0.1) is 5.56 Å². The number of hydrogen-bond donors (Lipinski definition) is 0. The van der Waals surface area contributed by atoms with Gasteiger partial charge < -0.3 is 14.4 Å². The van der Waals surface area contributed by atoms with E-state index < -0.39 is 0 Å². The van der Waals surface area contributed by atoms with Crippen molar-refractivity contribution in [2.45, 2.75) is 19.3 Å². The number of carbonyl (C=O) groups is 1. The lowest BCUT2D eigenvalue weighted by Crippen LogP contribution is -2.47. The molecular weight excluding hydrogens is 340 g/mol. The Balaban J connectivity index is 1.24. The van der Waals surface area contributed by atoms with Crippen molar-refractivity contribution in [3.8, 4) is 0 Å². The maximum Gasteiger partial charge on any atom is 0.255 e. The highest BCUT2D eigenvalue weighted by atomic mass is 16.2. The van der Waals surface area contributed by atoms with Gasteiger partial charge in [0.25, 0.3) is 5.91 Å². The number of nitrogens with zero attached hydrogens (tertiary/aromatic N) is 6. The quantitative estimate of drug-likeness (QED) is 0.799. The highest BCUT2D eigenvalue weighted by Gasteiger charge is 2.24. The van der Waals surface area contributed by atoms with Crippen molar-refractivity contribution in [1.82, 2.24) is 24.3 Å². The van der Waals surface area contributed by atoms with E-state index in [2.05, 4.69) is 24.3 Å². The van der Waals surface area contributed by atoms with Gasteiger partial charge in [-0.25, -0.2) is 9.97 Å². The van der Waals surface area contributed by atoms with Crippen LogP contribution in [0.2, 0.25) is 0 Å². The summed E-state index contributed by atoms with van der Waals surface area (Å²) >= 11 is 0. The first kappa shape index (κ1) is 18.0. The maximum absolute atomic E-state index is 12.8. The van der Waals surface area contributed by atoms with E-state index in [1.54, 1.807) is 12.4 Å². The van der Waals surface area contributed by atoms with Crippen molar-refractivity contribution in [2.75, 3.05) is 50.7 Å². The molecule has 2 aliphatic heterocycles. The van der Waals surface area contributed by atoms with Crippen molar-refractivity contribution in [1.29, 1.82) is 0 Å². The zero-order valence-corrected chi connectivity index (χ0v) is 16.0. The molecule has 7 heteroatoms. The van der Waals surface area contributed by atoms with Gasteiger partial charge in [-0.2, -0.15) is 0 Å². The van der Waals surface area contributed by atoms with Crippen LogP contribution in [0.3, 0.4) is 0 Å². The molecule has 0 bridgehead atoms. The molecule has 0 spiro atoms. The Morgan fingerprint density at radius 3 is 2.59 bits per heavy atom. The van der Waals surface area contributed by atoms with E-state index in [1.807, 2.05) is 30.3 Å². The zero-order valence-electron chi connectivity index (χ0n) is 16.0. The van der Waals surface area contributed by atoms with Gasteiger partial charge in [0, 0.05) is 70.6 Å². The number of aryl methyl sites for hydroxylation is 1. The van der Waals surface area contributed by atoms with Crippen LogP contribution < -0.4 is 4.90 Å². The van der Waals surface area contributed by atoms with Gasteiger partial charge >= 0.3 is 0 Å². The van der Waals surface area contributed by atoms with Crippen molar-refractivity contribution < 1.29 is 4.79 Å². The fourth-order valence-electron chi connectivity index (χ4n) is 4.10. The van der Waals surface area contributed by atoms with Crippen molar-refractivity contribution >= 4 is 11.9 Å². The minimum absolute atomic E-state index is 0.203. The van der Waals surface area contributed by atoms with Crippen molar-refractivity contribution in [3.05, 3.63) is 42.0 Å². The van der Waals surface area contributed by atoms with Crippen LogP contribution >= 0.6 is 0 Å². The van der Waals surface area contributed by atoms with Crippen LogP contribution in [0, 0.1) is 0 Å². The van der Waals surface area contributed by atoms with Crippen molar-refractivity contribution in [2.24, 2.45) is 7.05 Å². The van der Waals surface area contributed by atoms with E-state index >= 15 is 0 Å². The normalized spacial score (nSPS) is 18.5. The Labute approximate surface area is 160 Å². The number of piperazine rings is 1. The third kappa shape index (κ3) is 3.98. The van der Waals surface area contributed by atoms with Gasteiger partial charge in [0.1, 0.15) is 0 Å². The van der Waals surface area contributed by atoms with Gasteiger partial charge in [-0.3, -0.25) is 9.69 Å². The molecule has 2 aromatic heterocycles. The average Bonchev–Trinajstić information content (AvgIpc) is 2.99. The monoisotopic (exact) mass is 368 g/mol. The fourth-order valence-corrected chi connectivity index (χ4v) is 4.10. The lowest BCUT2D eigenvalue weighted by molar-refractivity contribution is 0.0752. The van der Waals surface area contributed by atoms with Crippen LogP contribution in [0.15, 0.2) is 30.7 Å². The summed E-state index contributed by atoms with van der Waals surface area (Å²) in [5, 5.41) is 0. The lowest BCUT2D eigenvalue weighted by Gasteiger charge is -2.35. The van der Waals surface area contributed by atoms with Gasteiger partial charge in [-0.05, 0) is 37.9 Å². The Hall–Kier alpha value is -2.41. The maximum atomic E-state index is 12.8. The molecule has 2 aliphatic rings. The van der Waals surface area contributed by atoms with Crippen molar-refractivity contribution in [3.63, 3.8) is 0 Å².